The first-order valence-electron chi connectivity index (χ1n) is 5.56. The van der Waals surface area contributed by atoms with E-state index in [0.717, 1.165) is 17.8 Å². The highest BCUT2D eigenvalue weighted by Gasteiger charge is 2.37. The molecule has 1 aromatic heterocycles. The zero-order valence-corrected chi connectivity index (χ0v) is 11.8. The molecule has 2 rings (SSSR count). The Morgan fingerprint density at radius 3 is 2.56 bits per heavy atom. The molecule has 0 radical (unpaired) electrons. The van der Waals surface area contributed by atoms with Gasteiger partial charge >= 0.3 is 5.97 Å². The Hall–Kier alpha value is -0.920. The summed E-state index contributed by atoms with van der Waals surface area (Å²) >= 11 is 0.806. The van der Waals surface area contributed by atoms with Crippen LogP contribution in [0.2, 0.25) is 0 Å². The maximum absolute atomic E-state index is 12.3. The summed E-state index contributed by atoms with van der Waals surface area (Å²) in [6.07, 6.45) is 0.823. The van der Waals surface area contributed by atoms with Gasteiger partial charge in [0.1, 0.15) is 9.09 Å². The van der Waals surface area contributed by atoms with Crippen molar-refractivity contribution in [2.75, 3.05) is 13.1 Å². The van der Waals surface area contributed by atoms with Crippen molar-refractivity contribution < 1.29 is 18.3 Å². The summed E-state index contributed by atoms with van der Waals surface area (Å²) in [5.41, 5.74) is -0.0139. The van der Waals surface area contributed by atoms with E-state index < -0.39 is 16.0 Å². The molecule has 0 unspecified atom stereocenters. The first kappa shape index (κ1) is 13.5. The number of rotatable bonds is 3. The van der Waals surface area contributed by atoms with Crippen LogP contribution in [0, 0.1) is 5.41 Å². The van der Waals surface area contributed by atoms with Gasteiger partial charge in [-0.05, 0) is 24.0 Å². The zero-order chi connectivity index (χ0) is 13.6. The topological polar surface area (TPSA) is 74.7 Å². The number of sulfonamides is 1. The molecule has 0 aromatic carbocycles. The minimum atomic E-state index is -3.53. The smallest absolute Gasteiger partial charge is 0.345 e. The fourth-order valence-corrected chi connectivity index (χ4v) is 4.90. The first-order valence-corrected chi connectivity index (χ1v) is 7.81. The summed E-state index contributed by atoms with van der Waals surface area (Å²) in [6, 6.07) is 2.70. The largest absolute Gasteiger partial charge is 0.477 e. The molecule has 2 heterocycles. The van der Waals surface area contributed by atoms with Crippen molar-refractivity contribution in [2.45, 2.75) is 24.5 Å². The monoisotopic (exact) mass is 289 g/mol. The van der Waals surface area contributed by atoms with Crippen molar-refractivity contribution >= 4 is 27.3 Å². The van der Waals surface area contributed by atoms with Gasteiger partial charge in [-0.2, -0.15) is 4.31 Å². The van der Waals surface area contributed by atoms with Gasteiger partial charge < -0.3 is 5.11 Å². The number of hydrogen-bond acceptors (Lipinski definition) is 4. The van der Waals surface area contributed by atoms with Crippen molar-refractivity contribution in [1.29, 1.82) is 0 Å². The third kappa shape index (κ3) is 2.43. The Morgan fingerprint density at radius 2 is 2.11 bits per heavy atom. The van der Waals surface area contributed by atoms with E-state index >= 15 is 0 Å². The first-order chi connectivity index (χ1) is 8.22. The third-order valence-electron chi connectivity index (χ3n) is 3.03. The Balaban J connectivity index is 2.28. The lowest BCUT2D eigenvalue weighted by molar-refractivity contribution is 0.0702. The summed E-state index contributed by atoms with van der Waals surface area (Å²) in [4.78, 5) is 10.8. The molecule has 1 fully saturated rings. The van der Waals surface area contributed by atoms with Gasteiger partial charge in [0, 0.05) is 13.1 Å². The zero-order valence-electron chi connectivity index (χ0n) is 10.2. The minimum Gasteiger partial charge on any atom is -0.477 e. The second-order valence-electron chi connectivity index (χ2n) is 5.18. The molecule has 0 aliphatic carbocycles. The molecule has 0 atom stereocenters. The molecule has 1 aliphatic heterocycles. The SMILES string of the molecule is CC1(C)CCN(S(=O)(=O)c2ccc(C(=O)O)s2)C1. The van der Waals surface area contributed by atoms with Gasteiger partial charge in [-0.15, -0.1) is 11.3 Å². The summed E-state index contributed by atoms with van der Waals surface area (Å²) in [6.45, 7) is 5.03. The second-order valence-corrected chi connectivity index (χ2v) is 8.43. The standard InChI is InChI=1S/C11H15NO4S2/c1-11(2)5-6-12(7-11)18(15,16)9-4-3-8(17-9)10(13)14/h3-4H,5-7H2,1-2H3,(H,13,14). The number of carboxylic acid groups (broad SMARTS) is 1. The number of carboxylic acids is 1. The van der Waals surface area contributed by atoms with E-state index in [0.29, 0.717) is 13.1 Å². The molecule has 0 amide bonds. The molecule has 18 heavy (non-hydrogen) atoms. The van der Waals surface area contributed by atoms with Crippen molar-refractivity contribution in [1.82, 2.24) is 4.31 Å². The van der Waals surface area contributed by atoms with Crippen molar-refractivity contribution in [3.8, 4) is 0 Å². The maximum atomic E-state index is 12.3. The van der Waals surface area contributed by atoms with Crippen LogP contribution in [0.25, 0.3) is 0 Å². The highest BCUT2D eigenvalue weighted by atomic mass is 32.2. The molecule has 1 aliphatic rings. The number of aromatic carboxylic acids is 1. The average Bonchev–Trinajstić information content (AvgIpc) is 2.84. The van der Waals surface area contributed by atoms with Crippen LogP contribution >= 0.6 is 11.3 Å². The highest BCUT2D eigenvalue weighted by molar-refractivity contribution is 7.91. The van der Waals surface area contributed by atoms with Gasteiger partial charge in [-0.3, -0.25) is 0 Å². The van der Waals surface area contributed by atoms with Gasteiger partial charge in [0.2, 0.25) is 0 Å². The van der Waals surface area contributed by atoms with Crippen LogP contribution < -0.4 is 0 Å². The fraction of sp³-hybridized carbons (Fsp3) is 0.545. The van der Waals surface area contributed by atoms with Gasteiger partial charge in [0.15, 0.2) is 0 Å². The molecule has 5 nitrogen and oxygen atoms in total. The fourth-order valence-electron chi connectivity index (χ4n) is 1.97. The van der Waals surface area contributed by atoms with Crippen LogP contribution in [0.3, 0.4) is 0 Å². The lowest BCUT2D eigenvalue weighted by Crippen LogP contribution is -2.29. The van der Waals surface area contributed by atoms with Crippen LogP contribution in [0.15, 0.2) is 16.3 Å². The molecular formula is C11H15NO4S2. The molecule has 1 N–H and O–H groups in total. The van der Waals surface area contributed by atoms with E-state index in [2.05, 4.69) is 0 Å². The quantitative estimate of drug-likeness (QED) is 0.921. The van der Waals surface area contributed by atoms with E-state index in [1.165, 1.54) is 16.4 Å². The minimum absolute atomic E-state index is 0.0139. The van der Waals surface area contributed by atoms with E-state index in [4.69, 9.17) is 5.11 Å². The average molecular weight is 289 g/mol. The Morgan fingerprint density at radius 1 is 1.44 bits per heavy atom. The van der Waals surface area contributed by atoms with Gasteiger partial charge in [-0.25, -0.2) is 13.2 Å². The second kappa shape index (κ2) is 4.32. The predicted molar refractivity (Wildman–Crippen MR) is 68.4 cm³/mol. The van der Waals surface area contributed by atoms with Crippen LogP contribution in [0.4, 0.5) is 0 Å². The summed E-state index contributed by atoms with van der Waals surface area (Å²) < 4.78 is 26.1. The predicted octanol–water partition coefficient (Wildman–Crippen LogP) is 1.87. The van der Waals surface area contributed by atoms with E-state index in [1.807, 2.05) is 13.8 Å². The molecule has 7 heteroatoms. The molecule has 1 aromatic rings. The summed E-state index contributed by atoms with van der Waals surface area (Å²) in [7, 11) is -3.53. The highest BCUT2D eigenvalue weighted by Crippen LogP contribution is 2.34. The molecule has 0 saturated carbocycles. The van der Waals surface area contributed by atoms with Gasteiger partial charge in [0.05, 0.1) is 0 Å². The normalized spacial score (nSPS) is 20.1. The van der Waals surface area contributed by atoms with Gasteiger partial charge in [-0.1, -0.05) is 13.8 Å². The summed E-state index contributed by atoms with van der Waals surface area (Å²) in [5, 5.41) is 8.81. The van der Waals surface area contributed by atoms with Crippen molar-refractivity contribution in [3.05, 3.63) is 17.0 Å². The molecular weight excluding hydrogens is 274 g/mol. The van der Waals surface area contributed by atoms with E-state index in [9.17, 15) is 13.2 Å². The van der Waals surface area contributed by atoms with Gasteiger partial charge in [0.25, 0.3) is 10.0 Å². The Bertz CT molecular complexity index is 574. The Kier molecular flexibility index (Phi) is 3.25. The molecule has 1 saturated heterocycles. The Labute approximate surface area is 110 Å². The number of nitrogens with zero attached hydrogens (tertiary/aromatic N) is 1. The molecule has 100 valence electrons. The van der Waals surface area contributed by atoms with E-state index in [-0.39, 0.29) is 14.5 Å². The molecule has 0 spiro atoms. The number of thiophene rings is 1. The number of hydrogen-bond donors (Lipinski definition) is 1. The number of carbonyl (C=O) groups is 1. The van der Waals surface area contributed by atoms with Crippen LogP contribution in [-0.4, -0.2) is 36.9 Å². The van der Waals surface area contributed by atoms with Crippen molar-refractivity contribution in [3.63, 3.8) is 0 Å². The summed E-state index contributed by atoms with van der Waals surface area (Å²) in [5.74, 6) is -1.09. The van der Waals surface area contributed by atoms with Crippen LogP contribution in [0.5, 0.6) is 0 Å². The van der Waals surface area contributed by atoms with Crippen LogP contribution in [-0.2, 0) is 10.0 Å². The lowest BCUT2D eigenvalue weighted by Gasteiger charge is -2.18. The third-order valence-corrected chi connectivity index (χ3v) is 6.41. The lowest BCUT2D eigenvalue weighted by atomic mass is 9.93. The molecule has 0 bridgehead atoms. The van der Waals surface area contributed by atoms with Crippen molar-refractivity contribution in [2.24, 2.45) is 5.41 Å². The maximum Gasteiger partial charge on any atom is 0.345 e. The van der Waals surface area contributed by atoms with Crippen LogP contribution in [0.1, 0.15) is 29.9 Å². The van der Waals surface area contributed by atoms with E-state index in [1.54, 1.807) is 0 Å².